The summed E-state index contributed by atoms with van der Waals surface area (Å²) in [4.78, 5) is 10.6. The number of thiophene rings is 1. The molecule has 8 rings (SSSR count). The van der Waals surface area contributed by atoms with Crippen LogP contribution in [0.4, 0.5) is 0 Å². The first-order chi connectivity index (χ1) is 23.6. The average Bonchev–Trinajstić information content (AvgIpc) is 3.65. The Hall–Kier alpha value is -4.41. The number of fused-ring (bicyclic) bond motifs is 5. The minimum atomic E-state index is 0. The van der Waals surface area contributed by atoms with E-state index in [1.54, 1.807) is 11.3 Å². The number of nitrogens with zero attached hydrogens (tertiary/aromatic N) is 2. The molecule has 5 heteroatoms. The fourth-order valence-corrected chi connectivity index (χ4v) is 7.61. The van der Waals surface area contributed by atoms with Crippen LogP contribution in [-0.2, 0) is 26.5 Å². The molecule has 0 atom stereocenters. The third kappa shape index (κ3) is 7.23. The summed E-state index contributed by atoms with van der Waals surface area (Å²) in [6, 6.07) is 38.0. The first-order valence-electron chi connectivity index (χ1n) is 16.8. The minimum Gasteiger partial charge on any atom is -0.499 e. The zero-order valence-electron chi connectivity index (χ0n) is 29.6. The van der Waals surface area contributed by atoms with Gasteiger partial charge in [-0.3, -0.25) is 0 Å². The van der Waals surface area contributed by atoms with Gasteiger partial charge in [-0.05, 0) is 90.2 Å². The van der Waals surface area contributed by atoms with Crippen LogP contribution in [0, 0.1) is 45.2 Å². The van der Waals surface area contributed by atoms with Gasteiger partial charge in [0.15, 0.2) is 0 Å². The maximum Gasteiger partial charge on any atom is 0.138 e. The van der Waals surface area contributed by atoms with E-state index in [-0.39, 0.29) is 25.5 Å². The largest absolute Gasteiger partial charge is 0.499 e. The Balaban J connectivity index is 0.000000260. The second kappa shape index (κ2) is 14.4. The second-order valence-corrected chi connectivity index (χ2v) is 15.4. The van der Waals surface area contributed by atoms with E-state index in [1.807, 2.05) is 49.5 Å². The van der Waals surface area contributed by atoms with Gasteiger partial charge in [0, 0.05) is 48.3 Å². The summed E-state index contributed by atoms with van der Waals surface area (Å²) < 4.78 is 7.80. The topological polar surface area (TPSA) is 38.9 Å². The number of hydrogen-bond acceptors (Lipinski definition) is 4. The van der Waals surface area contributed by atoms with E-state index in [9.17, 15) is 0 Å². The van der Waals surface area contributed by atoms with Crippen LogP contribution in [-0.4, -0.2) is 9.97 Å². The Bertz CT molecular complexity index is 2410. The van der Waals surface area contributed by atoms with Gasteiger partial charge in [-0.25, -0.2) is 0 Å². The third-order valence-corrected chi connectivity index (χ3v) is 9.89. The van der Waals surface area contributed by atoms with Gasteiger partial charge in [0.2, 0.25) is 0 Å². The quantitative estimate of drug-likeness (QED) is 0.166. The zero-order valence-corrected chi connectivity index (χ0v) is 32.8. The summed E-state index contributed by atoms with van der Waals surface area (Å²) in [5, 5.41) is 3.50. The van der Waals surface area contributed by atoms with E-state index in [4.69, 9.17) is 9.40 Å². The number of benzene rings is 4. The van der Waals surface area contributed by atoms with Crippen molar-refractivity contribution in [1.82, 2.24) is 9.97 Å². The molecule has 253 valence electrons. The molecule has 0 aliphatic rings. The van der Waals surface area contributed by atoms with Gasteiger partial charge in [0.05, 0.1) is 10.3 Å². The van der Waals surface area contributed by atoms with Crippen LogP contribution >= 0.6 is 11.3 Å². The van der Waals surface area contributed by atoms with E-state index in [2.05, 4.69) is 119 Å². The smallest absolute Gasteiger partial charge is 0.138 e. The molecule has 1 radical (unpaired) electrons. The van der Waals surface area contributed by atoms with Gasteiger partial charge in [-0.1, -0.05) is 80.3 Å². The Morgan fingerprint density at radius 1 is 0.720 bits per heavy atom. The molecule has 4 aromatic carbocycles. The van der Waals surface area contributed by atoms with Crippen molar-refractivity contribution in [2.45, 2.75) is 54.9 Å². The normalized spacial score (nSPS) is 11.4. The van der Waals surface area contributed by atoms with E-state index in [0.29, 0.717) is 0 Å². The van der Waals surface area contributed by atoms with Crippen LogP contribution in [0.1, 0.15) is 47.9 Å². The zero-order chi connectivity index (χ0) is 34.3. The molecule has 0 aliphatic carbocycles. The van der Waals surface area contributed by atoms with Crippen LogP contribution < -0.4 is 0 Å². The van der Waals surface area contributed by atoms with Crippen molar-refractivity contribution in [1.29, 1.82) is 0 Å². The molecular weight excluding hydrogens is 809 g/mol. The molecule has 0 spiro atoms. The molecule has 0 unspecified atom stereocenters. The Morgan fingerprint density at radius 3 is 2.18 bits per heavy atom. The van der Waals surface area contributed by atoms with Crippen LogP contribution in [0.25, 0.3) is 65.7 Å². The summed E-state index contributed by atoms with van der Waals surface area (Å²) in [6.45, 7) is 15.4. The van der Waals surface area contributed by atoms with E-state index >= 15 is 0 Å². The number of aryl methyl sites for hydroxylation is 4. The number of aromatic nitrogens is 2. The van der Waals surface area contributed by atoms with Gasteiger partial charge in [0.1, 0.15) is 5.58 Å². The fourth-order valence-electron chi connectivity index (χ4n) is 6.61. The Labute approximate surface area is 312 Å². The first kappa shape index (κ1) is 35.4. The van der Waals surface area contributed by atoms with Crippen LogP contribution in [0.15, 0.2) is 108 Å². The summed E-state index contributed by atoms with van der Waals surface area (Å²) in [5.41, 5.74) is 13.4. The van der Waals surface area contributed by atoms with Gasteiger partial charge in [-0.15, -0.1) is 65.4 Å². The molecule has 0 bridgehead atoms. The van der Waals surface area contributed by atoms with Gasteiger partial charge < -0.3 is 14.4 Å². The van der Waals surface area contributed by atoms with Gasteiger partial charge in [0.25, 0.3) is 0 Å². The molecule has 4 heterocycles. The minimum absolute atomic E-state index is 0. The summed E-state index contributed by atoms with van der Waals surface area (Å²) in [5.74, 6) is 0. The van der Waals surface area contributed by atoms with Crippen molar-refractivity contribution >= 4 is 43.4 Å². The standard InChI is InChI=1S/C33H30NOS.C12H10N.Ir/c1-19-9-7-10-20(2)29(19)27-18-34-28(16-23(27)17-33(4,5)6)26-12-8-11-24-25-14-13-22-15-21(3)36-32(22)31(25)35-30(24)26;1-10-7-8-12(13-9-10)11-5-3-2-4-6-11;/h7-11,13-16,18H,17H2,1-6H3;2-5,7-9H,1H3;/q2*-1;. The maximum atomic E-state index is 6.60. The predicted octanol–water partition coefficient (Wildman–Crippen LogP) is 12.7. The molecule has 0 fully saturated rings. The summed E-state index contributed by atoms with van der Waals surface area (Å²) in [7, 11) is 0. The van der Waals surface area contributed by atoms with Crippen LogP contribution in [0.5, 0.6) is 0 Å². The van der Waals surface area contributed by atoms with Crippen molar-refractivity contribution in [3.05, 3.63) is 143 Å². The molecule has 0 N–H and O–H groups in total. The molecule has 0 aliphatic heterocycles. The first-order valence-corrected chi connectivity index (χ1v) is 17.6. The predicted molar refractivity (Wildman–Crippen MR) is 207 cm³/mol. The molecule has 8 aromatic rings. The van der Waals surface area contributed by atoms with Gasteiger partial charge >= 0.3 is 0 Å². The van der Waals surface area contributed by atoms with E-state index in [0.717, 1.165) is 50.9 Å². The van der Waals surface area contributed by atoms with Crippen molar-refractivity contribution in [2.24, 2.45) is 5.41 Å². The molecule has 50 heavy (non-hydrogen) atoms. The van der Waals surface area contributed by atoms with E-state index in [1.165, 1.54) is 48.3 Å². The Kier molecular flexibility index (Phi) is 10.2. The van der Waals surface area contributed by atoms with Crippen molar-refractivity contribution in [3.8, 4) is 33.6 Å². The van der Waals surface area contributed by atoms with Crippen molar-refractivity contribution < 1.29 is 24.5 Å². The van der Waals surface area contributed by atoms with Crippen LogP contribution in [0.2, 0.25) is 0 Å². The molecular formula is C45H40IrN2OS-2. The number of rotatable bonds is 4. The fraction of sp³-hybridized carbons (Fsp3) is 0.200. The van der Waals surface area contributed by atoms with Crippen molar-refractivity contribution in [3.63, 3.8) is 0 Å². The SMILES string of the molecule is Cc1cc2ccc3c4cc[c-]c(-c5cc(CC(C)(C)C)c(-c6c(C)cccc6C)cn5)c4oc3c2s1.Cc1ccc(-c2[c-]cccc2)nc1.[Ir]. The number of hydrogen-bond donors (Lipinski definition) is 0. The summed E-state index contributed by atoms with van der Waals surface area (Å²) >= 11 is 1.79. The molecule has 4 aromatic heterocycles. The molecule has 0 saturated carbocycles. The number of furan rings is 1. The third-order valence-electron chi connectivity index (χ3n) is 8.82. The monoisotopic (exact) mass is 849 g/mol. The average molecular weight is 849 g/mol. The van der Waals surface area contributed by atoms with Crippen molar-refractivity contribution in [2.75, 3.05) is 0 Å². The van der Waals surface area contributed by atoms with E-state index < -0.39 is 0 Å². The molecule has 3 nitrogen and oxygen atoms in total. The molecule has 0 amide bonds. The summed E-state index contributed by atoms with van der Waals surface area (Å²) in [6.07, 6.45) is 4.88. The Morgan fingerprint density at radius 2 is 1.48 bits per heavy atom. The second-order valence-electron chi connectivity index (χ2n) is 14.1. The number of pyridine rings is 2. The van der Waals surface area contributed by atoms with Crippen LogP contribution in [0.3, 0.4) is 0 Å². The van der Waals surface area contributed by atoms with Gasteiger partial charge in [-0.2, -0.15) is 0 Å². The molecule has 0 saturated heterocycles. The maximum absolute atomic E-state index is 6.60.